The van der Waals surface area contributed by atoms with E-state index in [0.717, 1.165) is 12.0 Å². The van der Waals surface area contributed by atoms with Gasteiger partial charge in [-0.2, -0.15) is 0 Å². The summed E-state index contributed by atoms with van der Waals surface area (Å²) in [6, 6.07) is 15.9. The summed E-state index contributed by atoms with van der Waals surface area (Å²) in [5.41, 5.74) is 0.519. The number of sulfonamides is 1. The van der Waals surface area contributed by atoms with Crippen molar-refractivity contribution in [2.75, 3.05) is 30.8 Å². The van der Waals surface area contributed by atoms with Crippen molar-refractivity contribution in [2.24, 2.45) is 0 Å². The second-order valence-electron chi connectivity index (χ2n) is 6.19. The number of carbonyl (C=O) groups excluding carboxylic acids is 1. The highest BCUT2D eigenvalue weighted by molar-refractivity contribution is 7.92. The molecule has 0 aliphatic carbocycles. The normalized spacial score (nSPS) is 12.1. The van der Waals surface area contributed by atoms with E-state index in [9.17, 15) is 13.2 Å². The smallest absolute Gasteiger partial charge is 0.261 e. The fraction of sp³-hybridized carbons (Fsp3) is 0.350. The molecule has 0 spiro atoms. The molecule has 0 fully saturated rings. The molecule has 28 heavy (non-hydrogen) atoms. The van der Waals surface area contributed by atoms with Crippen LogP contribution in [0.2, 0.25) is 0 Å². The number of carbonyl (C=O) groups is 1. The quantitative estimate of drug-likeness (QED) is 0.613. The SMILES string of the molecule is CCC(Oc1ccc(N(C)S(C)(=O)=O)cc1)C(=O)NCCOc1ccccc1. The van der Waals surface area contributed by atoms with E-state index in [1.54, 1.807) is 24.3 Å². The van der Waals surface area contributed by atoms with Crippen molar-refractivity contribution in [1.82, 2.24) is 5.32 Å². The number of hydrogen-bond acceptors (Lipinski definition) is 5. The van der Waals surface area contributed by atoms with E-state index in [2.05, 4.69) is 5.32 Å². The molecule has 0 aliphatic heterocycles. The van der Waals surface area contributed by atoms with Crippen LogP contribution in [0.25, 0.3) is 0 Å². The number of hydrogen-bond donors (Lipinski definition) is 1. The predicted molar refractivity (Wildman–Crippen MR) is 109 cm³/mol. The van der Waals surface area contributed by atoms with Crippen LogP contribution in [0.5, 0.6) is 11.5 Å². The third-order valence-electron chi connectivity index (χ3n) is 4.05. The Labute approximate surface area is 166 Å². The standard InChI is InChI=1S/C20H26N2O5S/c1-4-19(20(23)21-14-15-26-17-8-6-5-7-9-17)27-18-12-10-16(11-13-18)22(2)28(3,24)25/h5-13,19H,4,14-15H2,1-3H3,(H,21,23). The molecule has 0 bridgehead atoms. The van der Waals surface area contributed by atoms with Crippen LogP contribution in [-0.4, -0.2) is 46.9 Å². The highest BCUT2D eigenvalue weighted by Gasteiger charge is 2.18. The van der Waals surface area contributed by atoms with Crippen molar-refractivity contribution in [3.63, 3.8) is 0 Å². The van der Waals surface area contributed by atoms with Gasteiger partial charge in [0.1, 0.15) is 18.1 Å². The maximum absolute atomic E-state index is 12.3. The fourth-order valence-corrected chi connectivity index (χ4v) is 2.89. The molecular formula is C20H26N2O5S. The zero-order chi connectivity index (χ0) is 20.6. The molecule has 0 aliphatic rings. The number of para-hydroxylation sites is 1. The van der Waals surface area contributed by atoms with Crippen molar-refractivity contribution in [3.05, 3.63) is 54.6 Å². The van der Waals surface area contributed by atoms with Gasteiger partial charge < -0.3 is 14.8 Å². The first kappa shape index (κ1) is 21.6. The van der Waals surface area contributed by atoms with Gasteiger partial charge in [0.2, 0.25) is 10.0 Å². The molecule has 0 heterocycles. The molecule has 2 rings (SSSR count). The number of anilines is 1. The molecule has 7 nitrogen and oxygen atoms in total. The van der Waals surface area contributed by atoms with Crippen molar-refractivity contribution >= 4 is 21.6 Å². The van der Waals surface area contributed by atoms with Gasteiger partial charge in [0.25, 0.3) is 5.91 Å². The van der Waals surface area contributed by atoms with Gasteiger partial charge in [-0.25, -0.2) is 8.42 Å². The largest absolute Gasteiger partial charge is 0.492 e. The molecule has 1 amide bonds. The Balaban J connectivity index is 1.84. The molecule has 1 N–H and O–H groups in total. The van der Waals surface area contributed by atoms with Gasteiger partial charge in [-0.15, -0.1) is 0 Å². The lowest BCUT2D eigenvalue weighted by molar-refractivity contribution is -0.128. The summed E-state index contributed by atoms with van der Waals surface area (Å²) in [7, 11) is -1.85. The Morgan fingerprint density at radius 2 is 1.71 bits per heavy atom. The van der Waals surface area contributed by atoms with Crippen molar-refractivity contribution in [1.29, 1.82) is 0 Å². The first-order valence-corrected chi connectivity index (χ1v) is 10.8. The number of benzene rings is 2. The molecule has 1 unspecified atom stereocenters. The molecule has 2 aromatic carbocycles. The fourth-order valence-electron chi connectivity index (χ4n) is 2.39. The number of amides is 1. The average Bonchev–Trinajstić information content (AvgIpc) is 2.69. The van der Waals surface area contributed by atoms with Crippen LogP contribution in [-0.2, 0) is 14.8 Å². The number of nitrogens with zero attached hydrogens (tertiary/aromatic N) is 1. The van der Waals surface area contributed by atoms with Gasteiger partial charge >= 0.3 is 0 Å². The minimum absolute atomic E-state index is 0.225. The Morgan fingerprint density at radius 3 is 2.29 bits per heavy atom. The molecule has 0 aromatic heterocycles. The molecule has 0 saturated carbocycles. The summed E-state index contributed by atoms with van der Waals surface area (Å²) in [6.45, 7) is 2.58. The highest BCUT2D eigenvalue weighted by Crippen LogP contribution is 2.21. The van der Waals surface area contributed by atoms with Gasteiger partial charge in [0, 0.05) is 7.05 Å². The monoisotopic (exact) mass is 406 g/mol. The van der Waals surface area contributed by atoms with E-state index in [0.29, 0.717) is 31.0 Å². The van der Waals surface area contributed by atoms with Crippen LogP contribution in [0.4, 0.5) is 5.69 Å². The van der Waals surface area contributed by atoms with Gasteiger partial charge in [0.05, 0.1) is 18.5 Å². The van der Waals surface area contributed by atoms with Crippen LogP contribution in [0, 0.1) is 0 Å². The van der Waals surface area contributed by atoms with Crippen LogP contribution in [0.1, 0.15) is 13.3 Å². The summed E-state index contributed by atoms with van der Waals surface area (Å²) in [4.78, 5) is 12.3. The summed E-state index contributed by atoms with van der Waals surface area (Å²) < 4.78 is 35.6. The zero-order valence-electron chi connectivity index (χ0n) is 16.3. The third kappa shape index (κ3) is 6.45. The maximum atomic E-state index is 12.3. The molecule has 152 valence electrons. The van der Waals surface area contributed by atoms with Crippen LogP contribution in [0.3, 0.4) is 0 Å². The molecule has 1 atom stereocenters. The summed E-state index contributed by atoms with van der Waals surface area (Å²) in [5, 5.41) is 2.80. The van der Waals surface area contributed by atoms with Gasteiger partial charge in [-0.3, -0.25) is 9.10 Å². The summed E-state index contributed by atoms with van der Waals surface area (Å²) >= 11 is 0. The third-order valence-corrected chi connectivity index (χ3v) is 5.26. The molecule has 8 heteroatoms. The number of rotatable bonds is 10. The van der Waals surface area contributed by atoms with Crippen molar-refractivity contribution in [3.8, 4) is 11.5 Å². The lowest BCUT2D eigenvalue weighted by atomic mass is 10.2. The Kier molecular flexibility index (Phi) is 7.69. The zero-order valence-corrected chi connectivity index (χ0v) is 17.1. The maximum Gasteiger partial charge on any atom is 0.261 e. The molecule has 2 aromatic rings. The van der Waals surface area contributed by atoms with Gasteiger partial charge in [-0.1, -0.05) is 25.1 Å². The lowest BCUT2D eigenvalue weighted by Gasteiger charge is -2.19. The summed E-state index contributed by atoms with van der Waals surface area (Å²) in [5.74, 6) is 1.02. The average molecular weight is 407 g/mol. The van der Waals surface area contributed by atoms with Crippen LogP contribution >= 0.6 is 0 Å². The molecule has 0 radical (unpaired) electrons. The minimum Gasteiger partial charge on any atom is -0.492 e. The first-order valence-electron chi connectivity index (χ1n) is 8.97. The predicted octanol–water partition coefficient (Wildman–Crippen LogP) is 2.44. The number of nitrogens with one attached hydrogen (secondary N) is 1. The molecule has 0 saturated heterocycles. The minimum atomic E-state index is -3.33. The summed E-state index contributed by atoms with van der Waals surface area (Å²) in [6.07, 6.45) is 0.988. The highest BCUT2D eigenvalue weighted by atomic mass is 32.2. The van der Waals surface area contributed by atoms with E-state index >= 15 is 0 Å². The van der Waals surface area contributed by atoms with E-state index < -0.39 is 16.1 Å². The van der Waals surface area contributed by atoms with Crippen LogP contribution < -0.4 is 19.1 Å². The second kappa shape index (κ2) is 9.98. The second-order valence-corrected chi connectivity index (χ2v) is 8.21. The van der Waals surface area contributed by atoms with Gasteiger partial charge in [-0.05, 0) is 42.8 Å². The Morgan fingerprint density at radius 1 is 1.07 bits per heavy atom. The van der Waals surface area contributed by atoms with E-state index in [-0.39, 0.29) is 5.91 Å². The van der Waals surface area contributed by atoms with E-state index in [1.165, 1.54) is 11.4 Å². The van der Waals surface area contributed by atoms with E-state index in [4.69, 9.17) is 9.47 Å². The van der Waals surface area contributed by atoms with Crippen molar-refractivity contribution in [2.45, 2.75) is 19.4 Å². The topological polar surface area (TPSA) is 84.9 Å². The van der Waals surface area contributed by atoms with E-state index in [1.807, 2.05) is 37.3 Å². The van der Waals surface area contributed by atoms with Crippen molar-refractivity contribution < 1.29 is 22.7 Å². The van der Waals surface area contributed by atoms with Crippen LogP contribution in [0.15, 0.2) is 54.6 Å². The lowest BCUT2D eigenvalue weighted by Crippen LogP contribution is -2.39. The number of ether oxygens (including phenoxy) is 2. The van der Waals surface area contributed by atoms with Gasteiger partial charge in [0.15, 0.2) is 6.10 Å². The Hall–Kier alpha value is -2.74. The molecular weight excluding hydrogens is 380 g/mol. The first-order chi connectivity index (χ1) is 13.3. The Bertz CT molecular complexity index is 854.